The van der Waals surface area contributed by atoms with E-state index in [1.54, 1.807) is 49.5 Å². The number of thiazole rings is 1. The number of hydrogen-bond acceptors (Lipinski definition) is 6. The fourth-order valence-corrected chi connectivity index (χ4v) is 3.87. The molecule has 30 heavy (non-hydrogen) atoms. The maximum atomic E-state index is 12.7. The van der Waals surface area contributed by atoms with Gasteiger partial charge in [0.15, 0.2) is 4.96 Å². The van der Waals surface area contributed by atoms with Gasteiger partial charge in [-0.3, -0.25) is 14.0 Å². The monoisotopic (exact) mass is 447 g/mol. The minimum absolute atomic E-state index is 0. The summed E-state index contributed by atoms with van der Waals surface area (Å²) in [6, 6.07) is 6.77. The standard InChI is InChI=1S/C20H18ClN3O4S.CH4/c1-11(6-14(21)16(25)10-28-2)7-17-19(27)24-9-15(23-20(24)29-17)12-4-3-5-13(8-12)18(22)26;/h3-9,25H,10H2,1-2H3,(H2,22,26);1H4/b11-6+,16-14-,17-7-;. The number of carbonyl (C=O) groups excluding carboxylic acids is 1. The normalized spacial score (nSPS) is 13.3. The Morgan fingerprint density at radius 3 is 2.80 bits per heavy atom. The van der Waals surface area contributed by atoms with Crippen LogP contribution in [0, 0.1) is 0 Å². The van der Waals surface area contributed by atoms with Crippen LogP contribution in [0.4, 0.5) is 0 Å². The van der Waals surface area contributed by atoms with E-state index in [2.05, 4.69) is 4.98 Å². The van der Waals surface area contributed by atoms with Crippen LogP contribution in [0.25, 0.3) is 22.3 Å². The summed E-state index contributed by atoms with van der Waals surface area (Å²) >= 11 is 7.25. The van der Waals surface area contributed by atoms with Crippen LogP contribution in [0.3, 0.4) is 0 Å². The van der Waals surface area contributed by atoms with Crippen LogP contribution >= 0.6 is 22.9 Å². The van der Waals surface area contributed by atoms with E-state index >= 15 is 0 Å². The summed E-state index contributed by atoms with van der Waals surface area (Å²) in [6.45, 7) is 1.77. The number of hydrogen-bond donors (Lipinski definition) is 2. The van der Waals surface area contributed by atoms with Gasteiger partial charge in [0, 0.05) is 24.4 Å². The van der Waals surface area contributed by atoms with Gasteiger partial charge < -0.3 is 15.6 Å². The molecule has 7 nitrogen and oxygen atoms in total. The molecule has 0 saturated heterocycles. The highest BCUT2D eigenvalue weighted by Gasteiger charge is 2.11. The Morgan fingerprint density at radius 2 is 2.17 bits per heavy atom. The lowest BCUT2D eigenvalue weighted by Gasteiger charge is -1.99. The molecule has 1 amide bonds. The molecule has 2 heterocycles. The number of aliphatic hydroxyl groups is 1. The highest BCUT2D eigenvalue weighted by Crippen LogP contribution is 2.20. The Hall–Kier alpha value is -2.94. The predicted molar refractivity (Wildman–Crippen MR) is 121 cm³/mol. The Kier molecular flexibility index (Phi) is 7.55. The molecule has 1 aromatic carbocycles. The third-order valence-corrected chi connectivity index (χ3v) is 5.33. The zero-order chi connectivity index (χ0) is 21.1. The average molecular weight is 448 g/mol. The molecule has 3 N–H and O–H groups in total. The molecule has 9 heteroatoms. The van der Waals surface area contributed by atoms with Crippen molar-refractivity contribution in [2.24, 2.45) is 5.73 Å². The number of methoxy groups -OCH3 is 1. The van der Waals surface area contributed by atoms with Gasteiger partial charge in [0.25, 0.3) is 5.56 Å². The molecular weight excluding hydrogens is 426 g/mol. The van der Waals surface area contributed by atoms with E-state index in [1.807, 2.05) is 0 Å². The average Bonchev–Trinajstić information content (AvgIpc) is 3.22. The number of nitrogens with two attached hydrogens (primary N) is 1. The van der Waals surface area contributed by atoms with Gasteiger partial charge in [-0.25, -0.2) is 4.98 Å². The third kappa shape index (κ3) is 4.96. The van der Waals surface area contributed by atoms with Crippen LogP contribution < -0.4 is 15.8 Å². The van der Waals surface area contributed by atoms with Crippen LogP contribution in [0.1, 0.15) is 24.7 Å². The highest BCUT2D eigenvalue weighted by atomic mass is 35.5. The number of aromatic nitrogens is 2. The van der Waals surface area contributed by atoms with Gasteiger partial charge in [-0.05, 0) is 36.8 Å². The summed E-state index contributed by atoms with van der Waals surface area (Å²) in [6.07, 6.45) is 4.86. The molecule has 0 aliphatic rings. The first-order valence-corrected chi connectivity index (χ1v) is 9.68. The van der Waals surface area contributed by atoms with E-state index in [0.717, 1.165) is 0 Å². The van der Waals surface area contributed by atoms with Gasteiger partial charge in [-0.15, -0.1) is 0 Å². The van der Waals surface area contributed by atoms with Crippen LogP contribution in [0.2, 0.25) is 0 Å². The lowest BCUT2D eigenvalue weighted by atomic mass is 10.1. The molecule has 0 unspecified atom stereocenters. The topological polar surface area (TPSA) is 107 Å². The predicted octanol–water partition coefficient (Wildman–Crippen LogP) is 3.26. The molecule has 0 aliphatic carbocycles. The molecule has 0 radical (unpaired) electrons. The van der Waals surface area contributed by atoms with Crippen molar-refractivity contribution in [3.05, 3.63) is 73.4 Å². The molecule has 0 saturated carbocycles. The molecule has 0 atom stereocenters. The smallest absolute Gasteiger partial charge is 0.274 e. The number of nitrogens with zero attached hydrogens (tertiary/aromatic N) is 2. The summed E-state index contributed by atoms with van der Waals surface area (Å²) in [7, 11) is 1.45. The summed E-state index contributed by atoms with van der Waals surface area (Å²) in [4.78, 5) is 29.1. The molecule has 3 rings (SSSR count). The SMILES string of the molecule is C.COC\C(O)=C(Cl)/C=C(C)/C=c1\sc2nc(-c3cccc(C(N)=O)c3)cn2c1=O. The zero-order valence-electron chi connectivity index (χ0n) is 15.7. The minimum atomic E-state index is -0.527. The van der Waals surface area contributed by atoms with Crippen LogP contribution in [-0.4, -0.2) is 34.1 Å². The van der Waals surface area contributed by atoms with Crippen molar-refractivity contribution >= 4 is 39.9 Å². The first-order valence-electron chi connectivity index (χ1n) is 8.49. The largest absolute Gasteiger partial charge is 0.508 e. The van der Waals surface area contributed by atoms with Crippen molar-refractivity contribution < 1.29 is 14.6 Å². The summed E-state index contributed by atoms with van der Waals surface area (Å²) in [5.41, 5.74) is 7.43. The summed E-state index contributed by atoms with van der Waals surface area (Å²) in [5.74, 6) is -0.617. The van der Waals surface area contributed by atoms with E-state index < -0.39 is 5.91 Å². The van der Waals surface area contributed by atoms with Crippen LogP contribution in [-0.2, 0) is 4.74 Å². The van der Waals surface area contributed by atoms with E-state index in [4.69, 9.17) is 22.1 Å². The van der Waals surface area contributed by atoms with Gasteiger partial charge in [0.1, 0.15) is 12.4 Å². The van der Waals surface area contributed by atoms with Crippen molar-refractivity contribution in [2.45, 2.75) is 14.4 Å². The van der Waals surface area contributed by atoms with Gasteiger partial charge in [0.05, 0.1) is 15.3 Å². The number of imidazole rings is 1. The number of carbonyl (C=O) groups is 1. The second-order valence-electron chi connectivity index (χ2n) is 6.26. The quantitative estimate of drug-likeness (QED) is 0.445. The van der Waals surface area contributed by atoms with Crippen molar-refractivity contribution in [1.29, 1.82) is 0 Å². The molecule has 158 valence electrons. The Labute approximate surface area is 182 Å². The van der Waals surface area contributed by atoms with Crippen molar-refractivity contribution in [1.82, 2.24) is 9.38 Å². The van der Waals surface area contributed by atoms with Gasteiger partial charge >= 0.3 is 0 Å². The van der Waals surface area contributed by atoms with Crippen molar-refractivity contribution in [2.75, 3.05) is 13.7 Å². The molecular formula is C21H22ClN3O4S. The molecule has 2 aromatic heterocycles. The van der Waals surface area contributed by atoms with E-state index in [9.17, 15) is 14.7 Å². The molecule has 0 aliphatic heterocycles. The summed E-state index contributed by atoms with van der Waals surface area (Å²) < 4.78 is 6.76. The number of ether oxygens (including phenoxy) is 1. The Bertz CT molecular complexity index is 1260. The van der Waals surface area contributed by atoms with Gasteiger partial charge in [0.2, 0.25) is 5.91 Å². The molecule has 0 bridgehead atoms. The lowest BCUT2D eigenvalue weighted by Crippen LogP contribution is -2.22. The number of rotatable bonds is 6. The number of benzene rings is 1. The number of amides is 1. The number of fused-ring (bicyclic) bond motifs is 1. The van der Waals surface area contributed by atoms with Gasteiger partial charge in [-0.2, -0.15) is 0 Å². The Balaban J connectivity index is 0.00000320. The molecule has 3 aromatic rings. The van der Waals surface area contributed by atoms with Crippen molar-refractivity contribution in [3.63, 3.8) is 0 Å². The van der Waals surface area contributed by atoms with Crippen LogP contribution in [0.5, 0.6) is 0 Å². The zero-order valence-corrected chi connectivity index (χ0v) is 17.3. The number of halogens is 1. The number of primary amides is 1. The molecule has 0 spiro atoms. The Morgan fingerprint density at radius 1 is 1.43 bits per heavy atom. The molecule has 0 fully saturated rings. The minimum Gasteiger partial charge on any atom is -0.508 e. The third-order valence-electron chi connectivity index (χ3n) is 4.02. The number of aliphatic hydroxyl groups excluding tert-OH is 1. The van der Waals surface area contributed by atoms with Gasteiger partial charge in [-0.1, -0.05) is 42.5 Å². The fraction of sp³-hybridized carbons (Fsp3) is 0.190. The second-order valence-corrected chi connectivity index (χ2v) is 7.67. The van der Waals surface area contributed by atoms with E-state index in [-0.39, 0.29) is 30.4 Å². The summed E-state index contributed by atoms with van der Waals surface area (Å²) in [5, 5.41) is 9.87. The lowest BCUT2D eigenvalue weighted by molar-refractivity contribution is 0.100. The first kappa shape index (κ1) is 23.3. The maximum absolute atomic E-state index is 12.7. The fourth-order valence-electron chi connectivity index (χ4n) is 2.64. The number of allylic oxidation sites excluding steroid dienone is 3. The second kappa shape index (κ2) is 9.71. The van der Waals surface area contributed by atoms with Crippen LogP contribution in [0.15, 0.2) is 57.7 Å². The maximum Gasteiger partial charge on any atom is 0.274 e. The first-order chi connectivity index (χ1) is 13.8. The van der Waals surface area contributed by atoms with E-state index in [0.29, 0.717) is 31.9 Å². The van der Waals surface area contributed by atoms with E-state index in [1.165, 1.54) is 22.8 Å². The highest BCUT2D eigenvalue weighted by molar-refractivity contribution is 7.15. The van der Waals surface area contributed by atoms with Crippen molar-refractivity contribution in [3.8, 4) is 11.3 Å².